The van der Waals surface area contributed by atoms with Gasteiger partial charge in [0.2, 0.25) is 0 Å². The average Bonchev–Trinajstić information content (AvgIpc) is 2.67. The van der Waals surface area contributed by atoms with Crippen molar-refractivity contribution in [3.8, 4) is 0 Å². The zero-order valence-electron chi connectivity index (χ0n) is 11.5. The van der Waals surface area contributed by atoms with Gasteiger partial charge in [-0.3, -0.25) is 0 Å². The highest BCUT2D eigenvalue weighted by atomic mass is 35.5. The number of rotatable bonds is 4. The van der Waals surface area contributed by atoms with Crippen LogP contribution in [0.5, 0.6) is 0 Å². The van der Waals surface area contributed by atoms with E-state index in [0.29, 0.717) is 6.54 Å². The molecular weight excluding hydrogens is 282 g/mol. The van der Waals surface area contributed by atoms with Crippen molar-refractivity contribution in [1.29, 1.82) is 0 Å². The molecule has 1 N–H and O–H groups in total. The summed E-state index contributed by atoms with van der Waals surface area (Å²) in [6.07, 6.45) is 3.28. The Morgan fingerprint density at radius 2 is 2.11 bits per heavy atom. The number of hydrogen-bond acceptors (Lipinski definition) is 3. The Balaban J connectivity index is 2.08. The van der Waals surface area contributed by atoms with Gasteiger partial charge in [0, 0.05) is 23.9 Å². The molecule has 1 aromatic carbocycles. The number of sulfone groups is 1. The van der Waals surface area contributed by atoms with Crippen LogP contribution in [0.3, 0.4) is 0 Å². The van der Waals surface area contributed by atoms with E-state index in [1.165, 1.54) is 17.4 Å². The molecule has 0 saturated heterocycles. The second kappa shape index (κ2) is 5.08. The normalized spacial score (nSPS) is 19.5. The summed E-state index contributed by atoms with van der Waals surface area (Å²) in [6, 6.07) is 6.16. The molecule has 0 heterocycles. The number of aryl methyl sites for hydroxylation is 1. The molecule has 2 rings (SSSR count). The first kappa shape index (κ1) is 14.8. The van der Waals surface area contributed by atoms with Gasteiger partial charge in [0.15, 0.2) is 9.84 Å². The van der Waals surface area contributed by atoms with E-state index in [1.54, 1.807) is 13.8 Å². The molecule has 0 aliphatic heterocycles. The number of halogens is 1. The first-order valence-electron chi connectivity index (χ1n) is 6.42. The van der Waals surface area contributed by atoms with E-state index in [-0.39, 0.29) is 6.04 Å². The van der Waals surface area contributed by atoms with Crippen molar-refractivity contribution in [2.45, 2.75) is 37.5 Å². The largest absolute Gasteiger partial charge is 0.308 e. The average molecular weight is 302 g/mol. The Hall–Kier alpha value is -0.580. The molecular formula is C14H20ClNO2S. The van der Waals surface area contributed by atoms with E-state index in [0.717, 1.165) is 17.9 Å². The molecule has 1 aromatic rings. The van der Waals surface area contributed by atoms with E-state index in [1.807, 2.05) is 18.2 Å². The number of nitrogens with one attached hydrogen (secondary N) is 1. The lowest BCUT2D eigenvalue weighted by atomic mass is 10.1. The van der Waals surface area contributed by atoms with Gasteiger partial charge in [-0.15, -0.1) is 0 Å². The van der Waals surface area contributed by atoms with Gasteiger partial charge in [0.05, 0.1) is 4.75 Å². The quantitative estimate of drug-likeness (QED) is 0.930. The Morgan fingerprint density at radius 3 is 2.74 bits per heavy atom. The molecule has 1 unspecified atom stereocenters. The molecule has 106 valence electrons. The molecule has 0 amide bonds. The van der Waals surface area contributed by atoms with Crippen LogP contribution in [0.25, 0.3) is 0 Å². The first-order valence-corrected chi connectivity index (χ1v) is 8.69. The summed E-state index contributed by atoms with van der Waals surface area (Å²) >= 11 is 5.98. The van der Waals surface area contributed by atoms with Crippen LogP contribution < -0.4 is 5.32 Å². The zero-order valence-corrected chi connectivity index (χ0v) is 13.1. The van der Waals surface area contributed by atoms with Crippen LogP contribution >= 0.6 is 11.6 Å². The second-order valence-corrected chi connectivity index (χ2v) is 8.93. The third-order valence-electron chi connectivity index (χ3n) is 3.96. The Bertz CT molecular complexity index is 581. The molecule has 3 nitrogen and oxygen atoms in total. The van der Waals surface area contributed by atoms with Gasteiger partial charge in [-0.25, -0.2) is 8.42 Å². The van der Waals surface area contributed by atoms with Crippen molar-refractivity contribution in [3.63, 3.8) is 0 Å². The molecule has 0 spiro atoms. The van der Waals surface area contributed by atoms with Crippen LogP contribution in [0.2, 0.25) is 5.02 Å². The van der Waals surface area contributed by atoms with Gasteiger partial charge in [-0.1, -0.05) is 17.7 Å². The minimum absolute atomic E-state index is 0.230. The molecule has 5 heteroatoms. The molecule has 19 heavy (non-hydrogen) atoms. The Labute approximate surface area is 120 Å². The lowest BCUT2D eigenvalue weighted by molar-refractivity contribution is 0.470. The van der Waals surface area contributed by atoms with Gasteiger partial charge >= 0.3 is 0 Å². The summed E-state index contributed by atoms with van der Waals surface area (Å²) in [7, 11) is -3.06. The van der Waals surface area contributed by atoms with E-state index in [4.69, 9.17) is 11.6 Å². The van der Waals surface area contributed by atoms with Crippen molar-refractivity contribution in [3.05, 3.63) is 34.3 Å². The van der Waals surface area contributed by atoms with Crippen LogP contribution in [0.1, 0.15) is 37.4 Å². The monoisotopic (exact) mass is 301 g/mol. The van der Waals surface area contributed by atoms with Gasteiger partial charge in [0.25, 0.3) is 0 Å². The molecule has 0 radical (unpaired) electrons. The molecule has 0 saturated carbocycles. The van der Waals surface area contributed by atoms with Crippen molar-refractivity contribution in [2.75, 3.05) is 12.8 Å². The van der Waals surface area contributed by atoms with E-state index in [9.17, 15) is 8.42 Å². The fourth-order valence-electron chi connectivity index (χ4n) is 2.30. The molecule has 0 fully saturated rings. The van der Waals surface area contributed by atoms with Crippen molar-refractivity contribution < 1.29 is 8.42 Å². The molecule has 1 aliphatic carbocycles. The molecule has 0 aromatic heterocycles. The smallest absolute Gasteiger partial charge is 0.153 e. The molecule has 0 bridgehead atoms. The van der Waals surface area contributed by atoms with Crippen LogP contribution in [0, 0.1) is 0 Å². The van der Waals surface area contributed by atoms with Crippen LogP contribution in [0.15, 0.2) is 18.2 Å². The van der Waals surface area contributed by atoms with Crippen molar-refractivity contribution in [2.24, 2.45) is 0 Å². The van der Waals surface area contributed by atoms with E-state index in [2.05, 4.69) is 5.32 Å². The Morgan fingerprint density at radius 1 is 1.42 bits per heavy atom. The number of benzene rings is 1. The summed E-state index contributed by atoms with van der Waals surface area (Å²) in [5, 5.41) is 4.14. The topological polar surface area (TPSA) is 46.2 Å². The summed E-state index contributed by atoms with van der Waals surface area (Å²) in [5.74, 6) is 0. The third-order valence-corrected chi connectivity index (χ3v) is 6.35. The van der Waals surface area contributed by atoms with Crippen LogP contribution in [-0.4, -0.2) is 26.0 Å². The maximum atomic E-state index is 11.7. The summed E-state index contributed by atoms with van der Waals surface area (Å²) in [6.45, 7) is 3.97. The Kier molecular flexibility index (Phi) is 3.96. The third kappa shape index (κ3) is 3.12. The maximum Gasteiger partial charge on any atom is 0.153 e. The maximum absolute atomic E-state index is 11.7. The highest BCUT2D eigenvalue weighted by molar-refractivity contribution is 7.92. The van der Waals surface area contributed by atoms with Gasteiger partial charge < -0.3 is 5.32 Å². The molecule has 1 aliphatic rings. The minimum atomic E-state index is -3.06. The van der Waals surface area contributed by atoms with Crippen LogP contribution in [-0.2, 0) is 16.3 Å². The lowest BCUT2D eigenvalue weighted by Gasteiger charge is -2.25. The molecule has 1 atom stereocenters. The van der Waals surface area contributed by atoms with Crippen LogP contribution in [0.4, 0.5) is 0 Å². The summed E-state index contributed by atoms with van der Waals surface area (Å²) in [5.41, 5.74) is 2.51. The fourth-order valence-corrected chi connectivity index (χ4v) is 2.84. The predicted octanol–water partition coefficient (Wildman–Crippen LogP) is 2.74. The minimum Gasteiger partial charge on any atom is -0.308 e. The highest BCUT2D eigenvalue weighted by Crippen LogP contribution is 2.33. The van der Waals surface area contributed by atoms with E-state index >= 15 is 0 Å². The summed E-state index contributed by atoms with van der Waals surface area (Å²) in [4.78, 5) is 0. The van der Waals surface area contributed by atoms with Gasteiger partial charge in [-0.2, -0.15) is 0 Å². The summed E-state index contributed by atoms with van der Waals surface area (Å²) < 4.78 is 22.6. The zero-order chi connectivity index (χ0) is 14.3. The lowest BCUT2D eigenvalue weighted by Crippen LogP contribution is -2.42. The van der Waals surface area contributed by atoms with Crippen molar-refractivity contribution >= 4 is 21.4 Å². The standard InChI is InChI=1S/C14H20ClNO2S/c1-14(2,19(3,17)18)9-16-13-7-4-10-8-11(15)5-6-12(10)13/h5-6,8,13,16H,4,7,9H2,1-3H3. The first-order chi connectivity index (χ1) is 8.71. The van der Waals surface area contributed by atoms with Crippen molar-refractivity contribution in [1.82, 2.24) is 5.32 Å². The van der Waals surface area contributed by atoms with Gasteiger partial charge in [0.1, 0.15) is 0 Å². The number of hydrogen-bond donors (Lipinski definition) is 1. The predicted molar refractivity (Wildman–Crippen MR) is 79.4 cm³/mol. The van der Waals surface area contributed by atoms with Gasteiger partial charge in [-0.05, 0) is 49.9 Å². The SMILES string of the molecule is CC(C)(CNC1CCc2cc(Cl)ccc21)S(C)(=O)=O. The fraction of sp³-hybridized carbons (Fsp3) is 0.571. The second-order valence-electron chi connectivity index (χ2n) is 5.85. The number of fused-ring (bicyclic) bond motifs is 1. The van der Waals surface area contributed by atoms with E-state index < -0.39 is 14.6 Å². The highest BCUT2D eigenvalue weighted by Gasteiger charge is 2.32.